The summed E-state index contributed by atoms with van der Waals surface area (Å²) >= 11 is 0. The van der Waals surface area contributed by atoms with E-state index in [4.69, 9.17) is 4.52 Å². The first-order valence-electron chi connectivity index (χ1n) is 4.40. The number of ketones is 1. The number of nitrogens with zero attached hydrogens (tertiary/aromatic N) is 1. The van der Waals surface area contributed by atoms with E-state index in [0.717, 1.165) is 0 Å². The van der Waals surface area contributed by atoms with Crippen LogP contribution in [-0.4, -0.2) is 10.9 Å². The van der Waals surface area contributed by atoms with Crippen molar-refractivity contribution in [2.75, 3.05) is 0 Å². The van der Waals surface area contributed by atoms with Gasteiger partial charge < -0.3 is 4.52 Å². The Morgan fingerprint density at radius 3 is 2.67 bits per heavy atom. The highest BCUT2D eigenvalue weighted by Gasteiger charge is 2.17. The fourth-order valence-electron chi connectivity index (χ4n) is 1.31. The van der Waals surface area contributed by atoms with E-state index in [0.29, 0.717) is 11.3 Å². The molecule has 0 aliphatic rings. The van der Waals surface area contributed by atoms with Gasteiger partial charge in [0.1, 0.15) is 11.6 Å². The van der Waals surface area contributed by atoms with E-state index in [1.54, 1.807) is 13.0 Å². The SMILES string of the molecule is Cc1oncc1C(=O)c1ccccc1F. The molecule has 0 bridgehead atoms. The average Bonchev–Trinajstić information content (AvgIpc) is 2.64. The minimum absolute atomic E-state index is 0.0313. The Bertz CT molecular complexity index is 505. The molecular weight excluding hydrogens is 197 g/mol. The molecule has 15 heavy (non-hydrogen) atoms. The Hall–Kier alpha value is -1.97. The zero-order chi connectivity index (χ0) is 10.8. The van der Waals surface area contributed by atoms with Gasteiger partial charge in [-0.2, -0.15) is 0 Å². The molecule has 0 unspecified atom stereocenters. The number of carbonyl (C=O) groups is 1. The van der Waals surface area contributed by atoms with Crippen LogP contribution in [0.25, 0.3) is 0 Å². The van der Waals surface area contributed by atoms with Gasteiger partial charge in [-0.25, -0.2) is 4.39 Å². The van der Waals surface area contributed by atoms with Gasteiger partial charge in [0.2, 0.25) is 5.78 Å². The molecule has 0 radical (unpaired) electrons. The quantitative estimate of drug-likeness (QED) is 0.707. The maximum absolute atomic E-state index is 13.3. The lowest BCUT2D eigenvalue weighted by atomic mass is 10.0. The van der Waals surface area contributed by atoms with Crippen LogP contribution in [0.4, 0.5) is 4.39 Å². The minimum Gasteiger partial charge on any atom is -0.361 e. The van der Waals surface area contributed by atoms with Crippen molar-refractivity contribution in [2.45, 2.75) is 6.92 Å². The zero-order valence-corrected chi connectivity index (χ0v) is 8.03. The summed E-state index contributed by atoms with van der Waals surface area (Å²) in [5.41, 5.74) is 0.323. The fourth-order valence-corrected chi connectivity index (χ4v) is 1.31. The molecule has 0 N–H and O–H groups in total. The molecule has 0 aliphatic carbocycles. The van der Waals surface area contributed by atoms with Gasteiger partial charge in [0.25, 0.3) is 0 Å². The lowest BCUT2D eigenvalue weighted by Crippen LogP contribution is -2.04. The van der Waals surface area contributed by atoms with Crippen molar-refractivity contribution in [1.29, 1.82) is 0 Å². The Kier molecular flexibility index (Phi) is 2.33. The standard InChI is InChI=1S/C11H8FNO2/c1-7-9(6-13-15-7)11(14)8-4-2-3-5-10(8)12/h2-6H,1H3. The molecule has 0 saturated carbocycles. The summed E-state index contributed by atoms with van der Waals surface area (Å²) in [4.78, 5) is 11.8. The second-order valence-corrected chi connectivity index (χ2v) is 3.10. The van der Waals surface area contributed by atoms with Crippen LogP contribution in [0.15, 0.2) is 35.0 Å². The molecule has 76 valence electrons. The molecule has 0 saturated heterocycles. The molecule has 3 nitrogen and oxygen atoms in total. The molecule has 1 aromatic heterocycles. The molecule has 2 aromatic rings. The van der Waals surface area contributed by atoms with E-state index >= 15 is 0 Å². The first-order valence-corrected chi connectivity index (χ1v) is 4.40. The number of halogens is 1. The molecule has 1 heterocycles. The number of aryl methyl sites for hydroxylation is 1. The average molecular weight is 205 g/mol. The Morgan fingerprint density at radius 2 is 2.07 bits per heavy atom. The molecule has 4 heteroatoms. The van der Waals surface area contributed by atoms with Gasteiger partial charge in [-0.3, -0.25) is 4.79 Å². The second kappa shape index (κ2) is 3.65. The molecule has 0 amide bonds. The Morgan fingerprint density at radius 1 is 1.33 bits per heavy atom. The molecule has 0 atom stereocenters. The van der Waals surface area contributed by atoms with Crippen LogP contribution >= 0.6 is 0 Å². The first-order chi connectivity index (χ1) is 7.20. The first kappa shape index (κ1) is 9.58. The van der Waals surface area contributed by atoms with E-state index in [9.17, 15) is 9.18 Å². The normalized spacial score (nSPS) is 10.3. The number of carbonyl (C=O) groups excluding carboxylic acids is 1. The van der Waals surface area contributed by atoms with E-state index < -0.39 is 11.6 Å². The van der Waals surface area contributed by atoms with Gasteiger partial charge in [-0.15, -0.1) is 0 Å². The van der Waals surface area contributed by atoms with Crippen molar-refractivity contribution >= 4 is 5.78 Å². The molecule has 0 fully saturated rings. The van der Waals surface area contributed by atoms with Crippen LogP contribution in [0.2, 0.25) is 0 Å². The fraction of sp³-hybridized carbons (Fsp3) is 0.0909. The number of hydrogen-bond donors (Lipinski definition) is 0. The summed E-state index contributed by atoms with van der Waals surface area (Å²) in [7, 11) is 0. The largest absolute Gasteiger partial charge is 0.361 e. The van der Waals surface area contributed by atoms with Crippen molar-refractivity contribution in [3.8, 4) is 0 Å². The predicted molar refractivity (Wildman–Crippen MR) is 51.1 cm³/mol. The van der Waals surface area contributed by atoms with Crippen LogP contribution in [-0.2, 0) is 0 Å². The maximum atomic E-state index is 13.3. The van der Waals surface area contributed by atoms with Crippen molar-refractivity contribution in [1.82, 2.24) is 5.16 Å². The van der Waals surface area contributed by atoms with E-state index in [1.807, 2.05) is 0 Å². The van der Waals surface area contributed by atoms with Gasteiger partial charge >= 0.3 is 0 Å². The summed E-state index contributed by atoms with van der Waals surface area (Å²) < 4.78 is 18.0. The third-order valence-electron chi connectivity index (χ3n) is 2.11. The topological polar surface area (TPSA) is 43.1 Å². The van der Waals surface area contributed by atoms with Crippen molar-refractivity contribution < 1.29 is 13.7 Å². The van der Waals surface area contributed by atoms with Gasteiger partial charge in [-0.05, 0) is 19.1 Å². The summed E-state index contributed by atoms with van der Waals surface area (Å²) in [6, 6.07) is 5.83. The predicted octanol–water partition coefficient (Wildman–Crippen LogP) is 2.35. The Labute approximate surface area is 85.5 Å². The van der Waals surface area contributed by atoms with Crippen LogP contribution in [0.5, 0.6) is 0 Å². The maximum Gasteiger partial charge on any atom is 0.201 e. The van der Waals surface area contributed by atoms with Crippen LogP contribution in [0.3, 0.4) is 0 Å². The highest BCUT2D eigenvalue weighted by molar-refractivity contribution is 6.09. The lowest BCUT2D eigenvalue weighted by Gasteiger charge is -1.99. The van der Waals surface area contributed by atoms with Gasteiger partial charge in [-0.1, -0.05) is 17.3 Å². The Balaban J connectivity index is 2.46. The van der Waals surface area contributed by atoms with E-state index in [-0.39, 0.29) is 5.56 Å². The summed E-state index contributed by atoms with van der Waals surface area (Å²) in [6.45, 7) is 1.61. The van der Waals surface area contributed by atoms with E-state index in [2.05, 4.69) is 5.16 Å². The van der Waals surface area contributed by atoms with Crippen LogP contribution < -0.4 is 0 Å². The van der Waals surface area contributed by atoms with Gasteiger partial charge in [0.15, 0.2) is 0 Å². The smallest absolute Gasteiger partial charge is 0.201 e. The van der Waals surface area contributed by atoms with E-state index in [1.165, 1.54) is 24.4 Å². The summed E-state index contributed by atoms with van der Waals surface area (Å²) in [5, 5.41) is 3.48. The monoisotopic (exact) mass is 205 g/mol. The zero-order valence-electron chi connectivity index (χ0n) is 8.03. The van der Waals surface area contributed by atoms with Crippen molar-refractivity contribution in [3.63, 3.8) is 0 Å². The minimum atomic E-state index is -0.539. The van der Waals surface area contributed by atoms with Crippen molar-refractivity contribution in [3.05, 3.63) is 53.2 Å². The molecule has 0 spiro atoms. The lowest BCUT2D eigenvalue weighted by molar-refractivity contribution is 0.103. The highest BCUT2D eigenvalue weighted by Crippen LogP contribution is 2.15. The summed E-state index contributed by atoms with van der Waals surface area (Å²) in [6.07, 6.45) is 1.30. The number of aromatic nitrogens is 1. The number of benzene rings is 1. The number of hydrogen-bond acceptors (Lipinski definition) is 3. The van der Waals surface area contributed by atoms with Crippen LogP contribution in [0, 0.1) is 12.7 Å². The van der Waals surface area contributed by atoms with Gasteiger partial charge in [0.05, 0.1) is 17.3 Å². The number of rotatable bonds is 2. The second-order valence-electron chi connectivity index (χ2n) is 3.10. The third kappa shape index (κ3) is 1.66. The molecule has 2 rings (SSSR count). The molecule has 0 aliphatic heterocycles. The molecular formula is C11H8FNO2. The van der Waals surface area contributed by atoms with Crippen LogP contribution in [0.1, 0.15) is 21.7 Å². The highest BCUT2D eigenvalue weighted by atomic mass is 19.1. The van der Waals surface area contributed by atoms with Gasteiger partial charge in [0, 0.05) is 0 Å². The summed E-state index contributed by atoms with van der Waals surface area (Å²) in [5.74, 6) is -0.557. The van der Waals surface area contributed by atoms with Crippen molar-refractivity contribution in [2.24, 2.45) is 0 Å². The third-order valence-corrected chi connectivity index (χ3v) is 2.11. The molecule has 1 aromatic carbocycles.